The van der Waals surface area contributed by atoms with E-state index in [1.54, 1.807) is 0 Å². The van der Waals surface area contributed by atoms with Crippen molar-refractivity contribution >= 4 is 5.78 Å². The van der Waals surface area contributed by atoms with E-state index < -0.39 is 17.6 Å². The van der Waals surface area contributed by atoms with Gasteiger partial charge in [-0.25, -0.2) is 4.39 Å². The molecule has 0 atom stereocenters. The zero-order valence-electron chi connectivity index (χ0n) is 6.44. The molecule has 1 aromatic carbocycles. The number of Topliss-reactive ketones (excluding diaryl/α,β-unsaturated/α-hetero) is 1. The summed E-state index contributed by atoms with van der Waals surface area (Å²) in [5, 5.41) is 25.4. The number of rotatable bonds is 2. The van der Waals surface area contributed by atoms with Crippen LogP contribution in [0.5, 0.6) is 0 Å². The van der Waals surface area contributed by atoms with E-state index >= 15 is 0 Å². The predicted molar refractivity (Wildman–Crippen MR) is 40.1 cm³/mol. The average Bonchev–Trinajstić information content (AvgIpc) is 2.03. The number of ketones is 1. The first kappa shape index (κ1) is 9.79. The lowest BCUT2D eigenvalue weighted by atomic mass is 10.1. The molecule has 1 aromatic rings. The van der Waals surface area contributed by atoms with Crippen LogP contribution in [0.3, 0.4) is 0 Å². The van der Waals surface area contributed by atoms with Crippen molar-refractivity contribution in [3.63, 3.8) is 0 Å². The van der Waals surface area contributed by atoms with Gasteiger partial charge < -0.3 is 15.3 Å². The Morgan fingerprint density at radius 2 is 1.62 bits per heavy atom. The van der Waals surface area contributed by atoms with Gasteiger partial charge in [0.05, 0.1) is 0 Å². The zero-order valence-corrected chi connectivity index (χ0v) is 6.44. The van der Waals surface area contributed by atoms with Gasteiger partial charge in [0, 0.05) is 5.56 Å². The van der Waals surface area contributed by atoms with E-state index in [1.807, 2.05) is 0 Å². The summed E-state index contributed by atoms with van der Waals surface area (Å²) >= 11 is 0. The summed E-state index contributed by atoms with van der Waals surface area (Å²) in [7, 11) is 0. The van der Waals surface area contributed by atoms with Gasteiger partial charge >= 0.3 is 5.97 Å². The van der Waals surface area contributed by atoms with Crippen molar-refractivity contribution in [1.82, 2.24) is 0 Å². The summed E-state index contributed by atoms with van der Waals surface area (Å²) in [5.41, 5.74) is -0.186. The first-order chi connectivity index (χ1) is 5.91. The second kappa shape index (κ2) is 3.21. The van der Waals surface area contributed by atoms with E-state index in [-0.39, 0.29) is 5.56 Å². The molecular weight excluding hydrogens is 179 g/mol. The highest BCUT2D eigenvalue weighted by Gasteiger charge is 2.30. The topological polar surface area (TPSA) is 77.8 Å². The van der Waals surface area contributed by atoms with Gasteiger partial charge in [0.2, 0.25) is 0 Å². The number of aliphatic hydroxyl groups is 3. The van der Waals surface area contributed by atoms with Crippen LogP contribution in [0.2, 0.25) is 0 Å². The van der Waals surface area contributed by atoms with Gasteiger partial charge in [-0.1, -0.05) is 0 Å². The van der Waals surface area contributed by atoms with Crippen LogP contribution in [0.1, 0.15) is 10.4 Å². The lowest BCUT2D eigenvalue weighted by molar-refractivity contribution is -0.267. The zero-order chi connectivity index (χ0) is 10.1. The summed E-state index contributed by atoms with van der Waals surface area (Å²) in [6.07, 6.45) is 0. The number of benzene rings is 1. The van der Waals surface area contributed by atoms with Crippen LogP contribution < -0.4 is 0 Å². The Morgan fingerprint density at radius 3 is 2.00 bits per heavy atom. The van der Waals surface area contributed by atoms with E-state index in [0.29, 0.717) is 0 Å². The molecule has 0 fully saturated rings. The van der Waals surface area contributed by atoms with E-state index in [9.17, 15) is 9.18 Å². The number of carbonyl (C=O) groups is 1. The second-order valence-corrected chi connectivity index (χ2v) is 2.47. The van der Waals surface area contributed by atoms with Crippen molar-refractivity contribution in [2.45, 2.75) is 5.97 Å². The minimum atomic E-state index is -3.40. The molecule has 13 heavy (non-hydrogen) atoms. The van der Waals surface area contributed by atoms with Crippen molar-refractivity contribution in [2.24, 2.45) is 0 Å². The summed E-state index contributed by atoms with van der Waals surface area (Å²) in [6.45, 7) is 0. The highest BCUT2D eigenvalue weighted by molar-refractivity contribution is 5.99. The van der Waals surface area contributed by atoms with Gasteiger partial charge in [0.25, 0.3) is 5.78 Å². The maximum absolute atomic E-state index is 12.3. The minimum absolute atomic E-state index is 0.186. The smallest absolute Gasteiger partial charge is 0.337 e. The van der Waals surface area contributed by atoms with Crippen LogP contribution in [0.4, 0.5) is 4.39 Å². The first-order valence-corrected chi connectivity index (χ1v) is 3.39. The van der Waals surface area contributed by atoms with Crippen molar-refractivity contribution in [3.8, 4) is 0 Å². The van der Waals surface area contributed by atoms with Crippen LogP contribution in [0, 0.1) is 5.82 Å². The monoisotopic (exact) mass is 186 g/mol. The largest absolute Gasteiger partial charge is 0.344 e. The third-order valence-corrected chi connectivity index (χ3v) is 1.41. The molecular formula is C8H7FO4. The molecule has 0 radical (unpaired) electrons. The molecule has 3 N–H and O–H groups in total. The van der Waals surface area contributed by atoms with E-state index in [4.69, 9.17) is 15.3 Å². The van der Waals surface area contributed by atoms with Crippen LogP contribution >= 0.6 is 0 Å². The summed E-state index contributed by atoms with van der Waals surface area (Å²) < 4.78 is 12.3. The summed E-state index contributed by atoms with van der Waals surface area (Å²) in [4.78, 5) is 10.9. The molecule has 0 saturated heterocycles. The molecule has 0 heterocycles. The van der Waals surface area contributed by atoms with Crippen LogP contribution in [-0.4, -0.2) is 27.1 Å². The lowest BCUT2D eigenvalue weighted by Crippen LogP contribution is -2.37. The molecule has 0 aliphatic heterocycles. The maximum atomic E-state index is 12.3. The number of halogens is 1. The number of hydrogen-bond donors (Lipinski definition) is 3. The molecule has 0 amide bonds. The van der Waals surface area contributed by atoms with Gasteiger partial charge in [0.15, 0.2) is 0 Å². The first-order valence-electron chi connectivity index (χ1n) is 3.39. The van der Waals surface area contributed by atoms with Crippen molar-refractivity contribution in [1.29, 1.82) is 0 Å². The van der Waals surface area contributed by atoms with E-state index in [1.165, 1.54) is 0 Å². The Morgan fingerprint density at radius 1 is 1.15 bits per heavy atom. The molecule has 0 spiro atoms. The highest BCUT2D eigenvalue weighted by Crippen LogP contribution is 2.09. The number of hydrogen-bond acceptors (Lipinski definition) is 4. The second-order valence-electron chi connectivity index (χ2n) is 2.47. The SMILES string of the molecule is O=C(c1ccc(F)cc1)C(O)(O)O. The molecule has 0 aromatic heterocycles. The van der Waals surface area contributed by atoms with Gasteiger partial charge in [-0.05, 0) is 24.3 Å². The van der Waals surface area contributed by atoms with Crippen molar-refractivity contribution < 1.29 is 24.5 Å². The van der Waals surface area contributed by atoms with Gasteiger partial charge in [-0.15, -0.1) is 0 Å². The molecule has 0 saturated carbocycles. The van der Waals surface area contributed by atoms with Gasteiger partial charge in [-0.3, -0.25) is 4.79 Å². The Kier molecular flexibility index (Phi) is 2.42. The van der Waals surface area contributed by atoms with E-state index in [2.05, 4.69) is 0 Å². The average molecular weight is 186 g/mol. The molecule has 0 bridgehead atoms. The third kappa shape index (κ3) is 2.32. The summed E-state index contributed by atoms with van der Waals surface area (Å²) in [5.74, 6) is -5.26. The fourth-order valence-corrected chi connectivity index (χ4v) is 0.795. The Bertz CT molecular complexity index is 312. The molecule has 1 rings (SSSR count). The normalized spacial score (nSPS) is 11.4. The fraction of sp³-hybridized carbons (Fsp3) is 0.125. The molecule has 0 unspecified atom stereocenters. The van der Waals surface area contributed by atoms with Crippen molar-refractivity contribution in [2.75, 3.05) is 0 Å². The van der Waals surface area contributed by atoms with Gasteiger partial charge in [0.1, 0.15) is 5.82 Å². The molecule has 70 valence electrons. The molecule has 5 heteroatoms. The maximum Gasteiger partial charge on any atom is 0.344 e. The van der Waals surface area contributed by atoms with Crippen LogP contribution in [0.15, 0.2) is 24.3 Å². The minimum Gasteiger partial charge on any atom is -0.337 e. The van der Waals surface area contributed by atoms with Crippen molar-refractivity contribution in [3.05, 3.63) is 35.6 Å². The van der Waals surface area contributed by atoms with Gasteiger partial charge in [-0.2, -0.15) is 0 Å². The Hall–Kier alpha value is -1.30. The molecule has 4 nitrogen and oxygen atoms in total. The van der Waals surface area contributed by atoms with E-state index in [0.717, 1.165) is 24.3 Å². The third-order valence-electron chi connectivity index (χ3n) is 1.41. The highest BCUT2D eigenvalue weighted by atomic mass is 19.1. The van der Waals surface area contributed by atoms with Crippen LogP contribution in [0.25, 0.3) is 0 Å². The standard InChI is InChI=1S/C8H7FO4/c9-6-3-1-5(2-4-6)7(10)8(11,12)13/h1-4,11-13H. The molecule has 0 aliphatic rings. The molecule has 0 aliphatic carbocycles. The number of carbonyl (C=O) groups excluding carboxylic acids is 1. The lowest BCUT2D eigenvalue weighted by Gasteiger charge is -2.11. The Labute approximate surface area is 72.9 Å². The predicted octanol–water partition coefficient (Wildman–Crippen LogP) is -0.361. The fourth-order valence-electron chi connectivity index (χ4n) is 0.795. The summed E-state index contributed by atoms with van der Waals surface area (Å²) in [6, 6.07) is 4.02. The quantitative estimate of drug-likeness (QED) is 0.435. The Balaban J connectivity index is 2.97. The van der Waals surface area contributed by atoms with Crippen LogP contribution in [-0.2, 0) is 0 Å².